The number of rotatable bonds is 0. The van der Waals surface area contributed by atoms with Crippen molar-refractivity contribution in [1.29, 1.82) is 0 Å². The van der Waals surface area contributed by atoms with Crippen LogP contribution in [0.1, 0.15) is 0 Å². The Labute approximate surface area is 71.8 Å². The van der Waals surface area contributed by atoms with E-state index in [1.165, 1.54) is 9.80 Å². The van der Waals surface area contributed by atoms with Gasteiger partial charge >= 0.3 is 6.03 Å². The lowest BCUT2D eigenvalue weighted by Gasteiger charge is -2.16. The van der Waals surface area contributed by atoms with Crippen LogP contribution in [0.3, 0.4) is 0 Å². The predicted molar refractivity (Wildman–Crippen MR) is 47.2 cm³/mol. The van der Waals surface area contributed by atoms with Gasteiger partial charge in [0.05, 0.1) is 0 Å². The van der Waals surface area contributed by atoms with Crippen LogP contribution in [-0.2, 0) is 0 Å². The average Bonchev–Trinajstić information content (AvgIpc) is 1.64. The maximum absolute atomic E-state index is 10.7. The minimum atomic E-state index is 0. The first-order valence-electron chi connectivity index (χ1n) is 2.44. The summed E-state index contributed by atoms with van der Waals surface area (Å²) in [6.07, 6.45) is 0. The molecule has 12 heavy (non-hydrogen) atoms. The van der Waals surface area contributed by atoms with Crippen molar-refractivity contribution < 1.29 is 26.7 Å². The molecule has 0 aromatic carbocycles. The summed E-state index contributed by atoms with van der Waals surface area (Å²) in [6.45, 7) is 0. The molecule has 0 aromatic rings. The van der Waals surface area contributed by atoms with E-state index in [1.54, 1.807) is 28.2 Å². The van der Waals surface area contributed by atoms with Crippen LogP contribution in [0.25, 0.3) is 0 Å². The summed E-state index contributed by atoms with van der Waals surface area (Å²) in [5.41, 5.74) is 0. The van der Waals surface area contributed by atoms with Crippen molar-refractivity contribution in [1.82, 2.24) is 9.80 Å². The van der Waals surface area contributed by atoms with Gasteiger partial charge in [0.2, 0.25) is 0 Å². The van der Waals surface area contributed by atoms with E-state index in [2.05, 4.69) is 0 Å². The minimum absolute atomic E-state index is 0. The molecule has 0 unspecified atom stereocenters. The molecule has 0 saturated carbocycles. The lowest BCUT2D eigenvalue weighted by molar-refractivity contribution is 0.191. The van der Waals surface area contributed by atoms with Gasteiger partial charge in [-0.2, -0.15) is 0 Å². The van der Waals surface area contributed by atoms with E-state index < -0.39 is 0 Å². The highest BCUT2D eigenvalue weighted by molar-refractivity contribution is 5.72. The van der Waals surface area contributed by atoms with Gasteiger partial charge in [-0.1, -0.05) is 0 Å². The fraction of sp³-hybridized carbons (Fsp3) is 0.800. The second-order valence-electron chi connectivity index (χ2n) is 2.07. The molecule has 0 fully saturated rings. The van der Waals surface area contributed by atoms with Crippen LogP contribution in [0.4, 0.5) is 4.79 Å². The molecule has 0 rings (SSSR count). The number of amides is 2. The van der Waals surface area contributed by atoms with Crippen molar-refractivity contribution in [2.45, 2.75) is 0 Å². The van der Waals surface area contributed by atoms with E-state index in [9.17, 15) is 4.79 Å². The first kappa shape index (κ1) is 30.4. The number of hydrogen-bond acceptors (Lipinski definition) is 1. The molecule has 80 valence electrons. The SMILES string of the molecule is CN(C)C(=O)N(C)C.O.O.O.O. The van der Waals surface area contributed by atoms with Gasteiger partial charge in [0.1, 0.15) is 0 Å². The zero-order valence-corrected chi connectivity index (χ0v) is 7.80. The standard InChI is InChI=1S/C5H12N2O.4H2O/c1-6(2)5(8)7(3)4;;;;/h1-4H3;4*1H2. The van der Waals surface area contributed by atoms with Crippen LogP contribution in [0, 0.1) is 0 Å². The third kappa shape index (κ3) is 11.9. The predicted octanol–water partition coefficient (Wildman–Crippen LogP) is -3.07. The monoisotopic (exact) mass is 188 g/mol. The molecule has 8 N–H and O–H groups in total. The molecule has 0 aliphatic heterocycles. The van der Waals surface area contributed by atoms with E-state index in [0.29, 0.717) is 0 Å². The van der Waals surface area contributed by atoms with E-state index in [0.717, 1.165) is 0 Å². The summed E-state index contributed by atoms with van der Waals surface area (Å²) in [6, 6.07) is 0.0185. The molecule has 0 atom stereocenters. The Morgan fingerprint density at radius 3 is 0.917 bits per heavy atom. The molecule has 7 nitrogen and oxygen atoms in total. The van der Waals surface area contributed by atoms with E-state index >= 15 is 0 Å². The highest BCUT2D eigenvalue weighted by atomic mass is 16.2. The fourth-order valence-electron chi connectivity index (χ4n) is 0.400. The number of nitrogens with zero attached hydrogens (tertiary/aromatic N) is 2. The molecular weight excluding hydrogens is 168 g/mol. The van der Waals surface area contributed by atoms with Gasteiger partial charge in [-0.05, 0) is 0 Å². The summed E-state index contributed by atoms with van der Waals surface area (Å²) < 4.78 is 0. The smallest absolute Gasteiger partial charge is 0.318 e. The normalized spacial score (nSPS) is 5.67. The van der Waals surface area contributed by atoms with Crippen molar-refractivity contribution in [2.75, 3.05) is 28.2 Å². The van der Waals surface area contributed by atoms with Crippen LogP contribution in [0.15, 0.2) is 0 Å². The molecule has 0 spiro atoms. The number of urea groups is 1. The third-order valence-electron chi connectivity index (χ3n) is 0.765. The second kappa shape index (κ2) is 12.8. The first-order valence-corrected chi connectivity index (χ1v) is 2.44. The van der Waals surface area contributed by atoms with Gasteiger partial charge in [0.25, 0.3) is 0 Å². The zero-order chi connectivity index (χ0) is 6.73. The summed E-state index contributed by atoms with van der Waals surface area (Å²) in [5, 5.41) is 0. The second-order valence-corrected chi connectivity index (χ2v) is 2.07. The van der Waals surface area contributed by atoms with E-state index in [-0.39, 0.29) is 27.9 Å². The molecule has 0 heterocycles. The van der Waals surface area contributed by atoms with Crippen LogP contribution in [-0.4, -0.2) is 65.9 Å². The number of carbonyl (C=O) groups is 1. The van der Waals surface area contributed by atoms with Gasteiger partial charge in [-0.15, -0.1) is 0 Å². The van der Waals surface area contributed by atoms with Crippen molar-refractivity contribution in [3.63, 3.8) is 0 Å². The van der Waals surface area contributed by atoms with Gasteiger partial charge in [0, 0.05) is 28.2 Å². The molecule has 0 bridgehead atoms. The summed E-state index contributed by atoms with van der Waals surface area (Å²) in [5.74, 6) is 0. The Balaban J connectivity index is -0.0000000408. The van der Waals surface area contributed by atoms with Crippen molar-refractivity contribution >= 4 is 6.03 Å². The molecular formula is C5H20N2O5. The molecule has 0 saturated heterocycles. The largest absolute Gasteiger partial charge is 0.412 e. The first-order chi connectivity index (χ1) is 3.55. The van der Waals surface area contributed by atoms with Gasteiger partial charge in [0.15, 0.2) is 0 Å². The Kier molecular flexibility index (Phi) is 32.3. The van der Waals surface area contributed by atoms with Crippen LogP contribution >= 0.6 is 0 Å². The molecule has 0 aromatic heterocycles. The zero-order valence-electron chi connectivity index (χ0n) is 7.80. The van der Waals surface area contributed by atoms with Crippen molar-refractivity contribution in [3.05, 3.63) is 0 Å². The Hall–Kier alpha value is -0.890. The third-order valence-corrected chi connectivity index (χ3v) is 0.765. The quantitative estimate of drug-likeness (QED) is 0.389. The highest BCUT2D eigenvalue weighted by Gasteiger charge is 2.02. The molecule has 0 aliphatic carbocycles. The van der Waals surface area contributed by atoms with E-state index in [4.69, 9.17) is 0 Å². The van der Waals surface area contributed by atoms with Crippen LogP contribution < -0.4 is 0 Å². The van der Waals surface area contributed by atoms with Crippen LogP contribution in [0.2, 0.25) is 0 Å². The molecule has 0 aliphatic rings. The summed E-state index contributed by atoms with van der Waals surface area (Å²) in [4.78, 5) is 13.8. The summed E-state index contributed by atoms with van der Waals surface area (Å²) in [7, 11) is 6.90. The topological polar surface area (TPSA) is 150 Å². The van der Waals surface area contributed by atoms with Gasteiger partial charge < -0.3 is 31.7 Å². The van der Waals surface area contributed by atoms with Gasteiger partial charge in [-0.3, -0.25) is 0 Å². The maximum atomic E-state index is 10.7. The van der Waals surface area contributed by atoms with Gasteiger partial charge in [-0.25, -0.2) is 4.79 Å². The van der Waals surface area contributed by atoms with Crippen molar-refractivity contribution in [2.24, 2.45) is 0 Å². The van der Waals surface area contributed by atoms with Crippen molar-refractivity contribution in [3.8, 4) is 0 Å². The van der Waals surface area contributed by atoms with E-state index in [1.807, 2.05) is 0 Å². The van der Waals surface area contributed by atoms with Crippen LogP contribution in [0.5, 0.6) is 0 Å². The number of hydrogen-bond donors (Lipinski definition) is 0. The lowest BCUT2D eigenvalue weighted by atomic mass is 10.7. The lowest BCUT2D eigenvalue weighted by Crippen LogP contribution is -2.33. The number of carbonyl (C=O) groups excluding carboxylic acids is 1. The Bertz CT molecular complexity index is 85.8. The average molecular weight is 188 g/mol. The minimum Gasteiger partial charge on any atom is -0.412 e. The fourth-order valence-corrected chi connectivity index (χ4v) is 0.400. The Morgan fingerprint density at radius 2 is 0.917 bits per heavy atom. The molecule has 7 heteroatoms. The Morgan fingerprint density at radius 1 is 0.750 bits per heavy atom. The summed E-state index contributed by atoms with van der Waals surface area (Å²) >= 11 is 0. The highest BCUT2D eigenvalue weighted by Crippen LogP contribution is 1.83. The molecule has 0 radical (unpaired) electrons. The maximum Gasteiger partial charge on any atom is 0.318 e. The molecule has 2 amide bonds.